The van der Waals surface area contributed by atoms with Gasteiger partial charge in [0, 0.05) is 93.9 Å². The van der Waals surface area contributed by atoms with Crippen LogP contribution in [-0.4, -0.2) is 123 Å². The molecule has 3 amide bonds. The van der Waals surface area contributed by atoms with Gasteiger partial charge in [0.2, 0.25) is 10.0 Å². The van der Waals surface area contributed by atoms with Crippen molar-refractivity contribution in [3.63, 3.8) is 0 Å². The van der Waals surface area contributed by atoms with Crippen molar-refractivity contribution in [2.24, 2.45) is 0 Å². The number of nitrogens with one attached hydrogen (secondary N) is 3. The van der Waals surface area contributed by atoms with E-state index >= 15 is 0 Å². The summed E-state index contributed by atoms with van der Waals surface area (Å²) in [4.78, 5) is 35.1. The first-order valence-electron chi connectivity index (χ1n) is 15.9. The van der Waals surface area contributed by atoms with E-state index in [9.17, 15) is 26.8 Å². The van der Waals surface area contributed by atoms with Crippen LogP contribution in [0.25, 0.3) is 0 Å². The number of hydrogen-bond donors (Lipinski definition) is 3. The Hall–Kier alpha value is -4.12. The number of urea groups is 1. The van der Waals surface area contributed by atoms with E-state index in [2.05, 4.69) is 42.6 Å². The molecule has 0 radical (unpaired) electrons. The molecule has 3 N–H and O–H groups in total. The smallest absolute Gasteiger partial charge is 0.321 e. The number of H-pyrrole nitrogens is 1. The monoisotopic (exact) mass is 685 g/mol. The van der Waals surface area contributed by atoms with Crippen molar-refractivity contribution < 1.29 is 26.8 Å². The second-order valence-corrected chi connectivity index (χ2v) is 15.3. The molecule has 3 aromatic rings. The van der Waals surface area contributed by atoms with Gasteiger partial charge >= 0.3 is 6.03 Å². The Balaban J connectivity index is 1.28. The third-order valence-electron chi connectivity index (χ3n) is 9.30. The number of piperazine rings is 2. The molecule has 6 rings (SSSR count). The van der Waals surface area contributed by atoms with E-state index in [1.165, 1.54) is 0 Å². The van der Waals surface area contributed by atoms with Gasteiger partial charge in [0.1, 0.15) is 11.6 Å². The van der Waals surface area contributed by atoms with Crippen molar-refractivity contribution in [1.29, 1.82) is 0 Å². The first-order chi connectivity index (χ1) is 22.7. The molecule has 48 heavy (non-hydrogen) atoms. The molecule has 0 aliphatic carbocycles. The van der Waals surface area contributed by atoms with Crippen LogP contribution in [0.2, 0.25) is 0 Å². The lowest BCUT2D eigenvalue weighted by molar-refractivity contribution is 0.102. The van der Waals surface area contributed by atoms with Crippen molar-refractivity contribution in [2.45, 2.75) is 30.7 Å². The minimum absolute atomic E-state index is 0.00622. The highest BCUT2D eigenvalue weighted by Crippen LogP contribution is 2.38. The van der Waals surface area contributed by atoms with Gasteiger partial charge in [-0.15, -0.1) is 0 Å². The van der Waals surface area contributed by atoms with Crippen molar-refractivity contribution in [2.75, 3.05) is 88.5 Å². The van der Waals surface area contributed by atoms with Crippen LogP contribution in [0, 0.1) is 11.6 Å². The van der Waals surface area contributed by atoms with E-state index in [4.69, 9.17) is 0 Å². The van der Waals surface area contributed by atoms with Crippen molar-refractivity contribution in [3.05, 3.63) is 64.9 Å². The van der Waals surface area contributed by atoms with Gasteiger partial charge in [-0.1, -0.05) is 13.8 Å². The van der Waals surface area contributed by atoms with Gasteiger partial charge in [-0.3, -0.25) is 9.89 Å². The van der Waals surface area contributed by atoms with E-state index in [1.54, 1.807) is 11.0 Å². The highest BCUT2D eigenvalue weighted by molar-refractivity contribution is 7.89. The lowest BCUT2D eigenvalue weighted by Crippen LogP contribution is -2.48. The predicted octanol–water partition coefficient (Wildman–Crippen LogP) is 2.95. The fourth-order valence-corrected chi connectivity index (χ4v) is 8.02. The summed E-state index contributed by atoms with van der Waals surface area (Å²) < 4.78 is 56.2. The number of anilines is 3. The zero-order valence-electron chi connectivity index (χ0n) is 27.5. The Morgan fingerprint density at radius 1 is 0.875 bits per heavy atom. The number of amides is 3. The maximum atomic E-state index is 14.0. The second-order valence-electron chi connectivity index (χ2n) is 13.4. The molecule has 0 spiro atoms. The Labute approximate surface area is 278 Å². The van der Waals surface area contributed by atoms with Gasteiger partial charge in [0.15, 0.2) is 5.82 Å². The van der Waals surface area contributed by atoms with Crippen LogP contribution in [0.15, 0.2) is 41.3 Å². The topological polar surface area (TPSA) is 137 Å². The molecular weight excluding hydrogens is 644 g/mol. The molecule has 0 unspecified atom stereocenters. The van der Waals surface area contributed by atoms with E-state index in [0.29, 0.717) is 36.1 Å². The number of carbonyl (C=O) groups is 2. The summed E-state index contributed by atoms with van der Waals surface area (Å²) in [5.41, 5.74) is 1.70. The average molecular weight is 686 g/mol. The van der Waals surface area contributed by atoms with E-state index in [0.717, 1.165) is 61.4 Å². The quantitative estimate of drug-likeness (QED) is 0.361. The zero-order valence-corrected chi connectivity index (χ0v) is 28.3. The number of sulfonamides is 1. The Bertz CT molecular complexity index is 1800. The minimum atomic E-state index is -4.31. The molecule has 0 saturated carbocycles. The maximum Gasteiger partial charge on any atom is 0.321 e. The number of aromatic nitrogens is 2. The molecule has 1 aromatic heterocycles. The number of halogens is 2. The zero-order chi connectivity index (χ0) is 34.4. The van der Waals surface area contributed by atoms with E-state index < -0.39 is 37.9 Å². The second kappa shape index (κ2) is 13.1. The molecule has 2 fully saturated rings. The van der Waals surface area contributed by atoms with Crippen molar-refractivity contribution in [1.82, 2.24) is 29.2 Å². The van der Waals surface area contributed by atoms with Crippen LogP contribution in [0.1, 0.15) is 35.5 Å². The number of hydrogen-bond acceptors (Lipinski definition) is 8. The van der Waals surface area contributed by atoms with E-state index in [1.807, 2.05) is 33.0 Å². The molecule has 13 nitrogen and oxygen atoms in total. The molecule has 3 aliphatic rings. The largest absolute Gasteiger partial charge is 0.369 e. The summed E-state index contributed by atoms with van der Waals surface area (Å²) in [6.45, 7) is 9.38. The van der Waals surface area contributed by atoms with Gasteiger partial charge in [-0.25, -0.2) is 22.0 Å². The standard InChI is InChI=1S/C32H41F2N9O4S/c1-32(2)20-43(48(46,47)24-16-21(33)15-22(34)17-24)19-26-28(32)37-38-29(26)36-30(44)25-6-5-23(41-11-7-39(3)8-12-41)18-27(25)35-31(45)42-13-9-40(4)10-14-42/h5-6,15-18H,7-14,19-20H2,1-4H3,(H,35,45)(H2,36,37,38,44). The number of carbonyl (C=O) groups excluding carboxylic acids is 2. The van der Waals surface area contributed by atoms with Crippen LogP contribution < -0.4 is 15.5 Å². The molecule has 2 saturated heterocycles. The Morgan fingerprint density at radius 2 is 1.50 bits per heavy atom. The van der Waals surface area contributed by atoms with Crippen LogP contribution in [0.4, 0.5) is 30.8 Å². The molecular formula is C32H41F2N9O4S. The number of benzene rings is 2. The first-order valence-corrected chi connectivity index (χ1v) is 17.3. The average Bonchev–Trinajstić information content (AvgIpc) is 3.44. The summed E-state index contributed by atoms with van der Waals surface area (Å²) in [6.07, 6.45) is 0. The molecule has 3 aliphatic heterocycles. The Morgan fingerprint density at radius 3 is 2.15 bits per heavy atom. The molecule has 0 atom stereocenters. The summed E-state index contributed by atoms with van der Waals surface area (Å²) in [5, 5.41) is 13.1. The number of nitrogens with zero attached hydrogens (tertiary/aromatic N) is 6. The molecule has 258 valence electrons. The van der Waals surface area contributed by atoms with Crippen LogP contribution in [0.5, 0.6) is 0 Å². The number of fused-ring (bicyclic) bond motifs is 1. The normalized spacial score (nSPS) is 19.2. The summed E-state index contributed by atoms with van der Waals surface area (Å²) in [7, 11) is -0.245. The SMILES string of the molecule is CN1CCN(C(=O)Nc2cc(N3CCN(C)CC3)ccc2C(=O)Nc2n[nH]c3c2CN(S(=O)(=O)c2cc(F)cc(F)c2)CC3(C)C)CC1. The number of aromatic amines is 1. The highest BCUT2D eigenvalue weighted by atomic mass is 32.2. The van der Waals surface area contributed by atoms with Crippen LogP contribution in [-0.2, 0) is 22.0 Å². The number of rotatable bonds is 6. The number of likely N-dealkylation sites (N-methyl/N-ethyl adjacent to an activating group) is 2. The summed E-state index contributed by atoms with van der Waals surface area (Å²) in [6, 6.07) is 7.19. The summed E-state index contributed by atoms with van der Waals surface area (Å²) >= 11 is 0. The molecule has 0 bridgehead atoms. The summed E-state index contributed by atoms with van der Waals surface area (Å²) in [5.74, 6) is -2.44. The van der Waals surface area contributed by atoms with Gasteiger partial charge in [0.25, 0.3) is 5.91 Å². The highest BCUT2D eigenvalue weighted by Gasteiger charge is 2.41. The molecule has 16 heteroatoms. The third-order valence-corrected chi connectivity index (χ3v) is 11.1. The first kappa shape index (κ1) is 33.8. The van der Waals surface area contributed by atoms with Gasteiger partial charge in [0.05, 0.1) is 16.1 Å². The van der Waals surface area contributed by atoms with Crippen LogP contribution in [0.3, 0.4) is 0 Å². The van der Waals surface area contributed by atoms with Gasteiger partial charge in [-0.2, -0.15) is 9.40 Å². The predicted molar refractivity (Wildman–Crippen MR) is 178 cm³/mol. The lowest BCUT2D eigenvalue weighted by atomic mass is 9.84. The van der Waals surface area contributed by atoms with Gasteiger partial charge in [-0.05, 0) is 44.4 Å². The fraction of sp³-hybridized carbons (Fsp3) is 0.469. The van der Waals surface area contributed by atoms with Crippen molar-refractivity contribution >= 4 is 39.2 Å². The fourth-order valence-electron chi connectivity index (χ4n) is 6.40. The third kappa shape index (κ3) is 6.88. The van der Waals surface area contributed by atoms with E-state index in [-0.39, 0.29) is 30.5 Å². The van der Waals surface area contributed by atoms with Crippen LogP contribution >= 0.6 is 0 Å². The molecule has 2 aromatic carbocycles. The molecule has 4 heterocycles. The van der Waals surface area contributed by atoms with Crippen molar-refractivity contribution in [3.8, 4) is 0 Å². The Kier molecular flexibility index (Phi) is 9.19. The minimum Gasteiger partial charge on any atom is -0.369 e. The lowest BCUT2D eigenvalue weighted by Gasteiger charge is -2.37. The van der Waals surface area contributed by atoms with Gasteiger partial charge < -0.3 is 30.2 Å². The maximum absolute atomic E-state index is 14.0.